The van der Waals surface area contributed by atoms with Gasteiger partial charge >= 0.3 is 24.3 Å². The molecule has 1 spiro atoms. The highest BCUT2D eigenvalue weighted by Crippen LogP contribution is 2.43. The Balaban J connectivity index is 0.000000251. The Hall–Kier alpha value is -3.46. The highest BCUT2D eigenvalue weighted by molar-refractivity contribution is 7.07. The van der Waals surface area contributed by atoms with Crippen LogP contribution in [0.25, 0.3) is 11.3 Å². The number of hydrogen-bond acceptors (Lipinski definition) is 6. The number of piperidine rings is 1. The van der Waals surface area contributed by atoms with Gasteiger partial charge in [-0.25, -0.2) is 14.6 Å². The Labute approximate surface area is 222 Å². The van der Waals surface area contributed by atoms with E-state index in [-0.39, 0.29) is 0 Å². The van der Waals surface area contributed by atoms with E-state index in [1.165, 1.54) is 48.6 Å². The third kappa shape index (κ3) is 8.26. The van der Waals surface area contributed by atoms with E-state index in [9.17, 15) is 26.3 Å². The fourth-order valence-corrected chi connectivity index (χ4v) is 5.02. The summed E-state index contributed by atoms with van der Waals surface area (Å²) in [6.07, 6.45) is -0.710. The normalized spacial score (nSPS) is 16.5. The van der Waals surface area contributed by atoms with Crippen molar-refractivity contribution in [1.82, 2.24) is 19.4 Å². The van der Waals surface area contributed by atoms with Crippen molar-refractivity contribution in [3.05, 3.63) is 58.9 Å². The van der Waals surface area contributed by atoms with E-state index in [0.29, 0.717) is 5.41 Å². The molecular formula is C24H24F6N4O4S. The number of nitrogens with zero attached hydrogens (tertiary/aromatic N) is 4. The molecular weight excluding hydrogens is 554 g/mol. The van der Waals surface area contributed by atoms with Crippen molar-refractivity contribution in [2.24, 2.45) is 5.41 Å². The summed E-state index contributed by atoms with van der Waals surface area (Å²) in [6.45, 7) is 4.61. The lowest BCUT2D eigenvalue weighted by Gasteiger charge is -2.39. The van der Waals surface area contributed by atoms with Crippen molar-refractivity contribution in [2.45, 2.75) is 44.7 Å². The monoisotopic (exact) mass is 578 g/mol. The Morgan fingerprint density at radius 2 is 1.62 bits per heavy atom. The van der Waals surface area contributed by atoms with Crippen molar-refractivity contribution < 1.29 is 46.1 Å². The predicted octanol–water partition coefficient (Wildman–Crippen LogP) is 5.11. The van der Waals surface area contributed by atoms with Gasteiger partial charge in [0.2, 0.25) is 0 Å². The smallest absolute Gasteiger partial charge is 0.475 e. The fraction of sp³-hybridized carbons (Fsp3) is 0.417. The molecule has 5 rings (SSSR count). The standard InChI is InChI=1S/C20H22N4S.2C2HF3O2/c1-2-17(11-21-6-1)18-12-22-19-10-20(15-24(18)19)4-7-23(8-5-20)13-16-3-9-25-14-16;2*3-2(4,5)1(6)7/h1-3,6,9,11-12,14H,4-5,7-8,10,13,15H2;2*(H,6,7). The van der Waals surface area contributed by atoms with Crippen LogP contribution in [0.3, 0.4) is 0 Å². The van der Waals surface area contributed by atoms with Crippen molar-refractivity contribution in [1.29, 1.82) is 0 Å². The zero-order chi connectivity index (χ0) is 28.8. The van der Waals surface area contributed by atoms with E-state index in [4.69, 9.17) is 24.8 Å². The molecule has 1 saturated heterocycles. The van der Waals surface area contributed by atoms with E-state index in [1.807, 2.05) is 24.7 Å². The first kappa shape index (κ1) is 30.1. The summed E-state index contributed by atoms with van der Waals surface area (Å²) in [5.74, 6) is -4.26. The van der Waals surface area contributed by atoms with Gasteiger partial charge in [-0.3, -0.25) is 9.88 Å². The van der Waals surface area contributed by atoms with Crippen LogP contribution in [0.15, 0.2) is 47.5 Å². The van der Waals surface area contributed by atoms with Crippen LogP contribution in [0.5, 0.6) is 0 Å². The minimum atomic E-state index is -5.08. The molecule has 0 atom stereocenters. The first-order valence-electron chi connectivity index (χ1n) is 11.5. The van der Waals surface area contributed by atoms with Crippen LogP contribution in [0.4, 0.5) is 26.3 Å². The van der Waals surface area contributed by atoms with Gasteiger partial charge in [0, 0.05) is 37.5 Å². The molecule has 15 heteroatoms. The Kier molecular flexibility index (Phi) is 9.38. The molecule has 0 radical (unpaired) electrons. The predicted molar refractivity (Wildman–Crippen MR) is 128 cm³/mol. The molecule has 3 aromatic rings. The number of halogens is 6. The van der Waals surface area contributed by atoms with Gasteiger partial charge in [-0.15, -0.1) is 0 Å². The zero-order valence-corrected chi connectivity index (χ0v) is 21.1. The second-order valence-corrected chi connectivity index (χ2v) is 9.86. The minimum absolute atomic E-state index is 0.408. The maximum absolute atomic E-state index is 10.6. The van der Waals surface area contributed by atoms with Crippen LogP contribution in [-0.2, 0) is 29.1 Å². The lowest BCUT2D eigenvalue weighted by Crippen LogP contribution is -2.40. The SMILES string of the molecule is O=C(O)C(F)(F)F.O=C(O)C(F)(F)F.c1cncc(-c2cnc3n2CC2(CCN(Cc4ccsc4)CC2)C3)c1. The molecule has 1 fully saturated rings. The summed E-state index contributed by atoms with van der Waals surface area (Å²) >= 11 is 1.80. The number of alkyl halides is 6. The number of carboxylic acid groups (broad SMARTS) is 2. The molecule has 2 aliphatic rings. The van der Waals surface area contributed by atoms with E-state index in [2.05, 4.69) is 37.3 Å². The number of rotatable bonds is 3. The third-order valence-corrected chi connectivity index (χ3v) is 7.04. The van der Waals surface area contributed by atoms with Gasteiger partial charge in [0.15, 0.2) is 0 Å². The molecule has 0 aromatic carbocycles. The maximum atomic E-state index is 10.6. The number of thiophene rings is 1. The number of likely N-dealkylation sites (tertiary alicyclic amines) is 1. The number of imidazole rings is 1. The molecule has 8 nitrogen and oxygen atoms in total. The lowest BCUT2D eigenvalue weighted by atomic mass is 9.77. The van der Waals surface area contributed by atoms with E-state index in [0.717, 1.165) is 19.5 Å². The second kappa shape index (κ2) is 12.2. The van der Waals surface area contributed by atoms with Crippen LogP contribution in [0.1, 0.15) is 24.2 Å². The summed E-state index contributed by atoms with van der Waals surface area (Å²) < 4.78 is 65.9. The van der Waals surface area contributed by atoms with Crippen LogP contribution in [-0.4, -0.2) is 67.0 Å². The van der Waals surface area contributed by atoms with Crippen LogP contribution in [0, 0.1) is 5.41 Å². The van der Waals surface area contributed by atoms with E-state index in [1.54, 1.807) is 11.3 Å². The fourth-order valence-electron chi connectivity index (χ4n) is 4.36. The highest BCUT2D eigenvalue weighted by atomic mass is 32.1. The Morgan fingerprint density at radius 1 is 1.00 bits per heavy atom. The average Bonchev–Trinajstić information content (AvgIpc) is 3.58. The molecule has 3 aromatic heterocycles. The molecule has 0 saturated carbocycles. The molecule has 0 amide bonds. The van der Waals surface area contributed by atoms with Gasteiger partial charge in [0.05, 0.1) is 11.9 Å². The van der Waals surface area contributed by atoms with Gasteiger partial charge in [0.25, 0.3) is 0 Å². The summed E-state index contributed by atoms with van der Waals surface area (Å²) in [4.78, 5) is 29.4. The molecule has 212 valence electrons. The summed E-state index contributed by atoms with van der Waals surface area (Å²) in [5.41, 5.74) is 4.26. The summed E-state index contributed by atoms with van der Waals surface area (Å²) in [7, 11) is 0. The Morgan fingerprint density at radius 3 is 2.10 bits per heavy atom. The number of fused-ring (bicyclic) bond motifs is 1. The number of hydrogen-bond donors (Lipinski definition) is 2. The van der Waals surface area contributed by atoms with Crippen molar-refractivity contribution in [3.8, 4) is 11.3 Å². The van der Waals surface area contributed by atoms with Crippen LogP contribution < -0.4 is 0 Å². The number of aromatic nitrogens is 3. The van der Waals surface area contributed by atoms with Gasteiger partial charge < -0.3 is 14.8 Å². The largest absolute Gasteiger partial charge is 0.490 e. The zero-order valence-electron chi connectivity index (χ0n) is 20.2. The number of carbonyl (C=O) groups is 2. The Bertz CT molecular complexity index is 1210. The first-order valence-corrected chi connectivity index (χ1v) is 12.4. The number of pyridine rings is 1. The van der Waals surface area contributed by atoms with Crippen LogP contribution >= 0.6 is 11.3 Å². The van der Waals surface area contributed by atoms with Gasteiger partial charge in [0.1, 0.15) is 5.82 Å². The molecule has 39 heavy (non-hydrogen) atoms. The van der Waals surface area contributed by atoms with Crippen molar-refractivity contribution in [3.63, 3.8) is 0 Å². The van der Waals surface area contributed by atoms with Crippen LogP contribution in [0.2, 0.25) is 0 Å². The van der Waals surface area contributed by atoms with Gasteiger partial charge in [-0.1, -0.05) is 0 Å². The number of aliphatic carboxylic acids is 2. The van der Waals surface area contributed by atoms with E-state index < -0.39 is 24.3 Å². The molecule has 2 aliphatic heterocycles. The topological polar surface area (TPSA) is 109 Å². The highest BCUT2D eigenvalue weighted by Gasteiger charge is 2.42. The molecule has 0 bridgehead atoms. The summed E-state index contributed by atoms with van der Waals surface area (Å²) in [6, 6.07) is 6.38. The third-order valence-electron chi connectivity index (χ3n) is 6.31. The molecule has 0 unspecified atom stereocenters. The minimum Gasteiger partial charge on any atom is -0.475 e. The van der Waals surface area contributed by atoms with Gasteiger partial charge in [-0.2, -0.15) is 37.7 Å². The quantitative estimate of drug-likeness (QED) is 0.416. The molecule has 0 aliphatic carbocycles. The van der Waals surface area contributed by atoms with Crippen molar-refractivity contribution >= 4 is 23.3 Å². The van der Waals surface area contributed by atoms with E-state index >= 15 is 0 Å². The van der Waals surface area contributed by atoms with Gasteiger partial charge in [-0.05, 0) is 65.9 Å². The number of carboxylic acids is 2. The molecule has 5 heterocycles. The lowest BCUT2D eigenvalue weighted by molar-refractivity contribution is -0.193. The first-order chi connectivity index (χ1) is 18.2. The second-order valence-electron chi connectivity index (χ2n) is 9.08. The molecule has 2 N–H and O–H groups in total. The maximum Gasteiger partial charge on any atom is 0.490 e. The van der Waals surface area contributed by atoms with Crippen molar-refractivity contribution in [2.75, 3.05) is 13.1 Å². The average molecular weight is 579 g/mol. The summed E-state index contributed by atoms with van der Waals surface area (Å²) in [5, 5.41) is 18.7.